The molecule has 0 atom stereocenters. The van der Waals surface area contributed by atoms with Crippen LogP contribution < -0.4 is 10.1 Å². The third-order valence-corrected chi connectivity index (χ3v) is 4.60. The molecule has 0 aliphatic heterocycles. The van der Waals surface area contributed by atoms with Crippen LogP contribution in [0.25, 0.3) is 22.4 Å². The van der Waals surface area contributed by atoms with Crippen LogP contribution in [-0.4, -0.2) is 22.5 Å². The lowest BCUT2D eigenvalue weighted by Crippen LogP contribution is -2.20. The van der Waals surface area contributed by atoms with Crippen LogP contribution in [0.1, 0.15) is 5.56 Å². The number of carbonyl (C=O) groups is 1. The molecule has 0 radical (unpaired) electrons. The third kappa shape index (κ3) is 3.85. The Morgan fingerprint density at radius 1 is 1.11 bits per heavy atom. The Bertz CT molecular complexity index is 1120. The van der Waals surface area contributed by atoms with Gasteiger partial charge in [-0.15, -0.1) is 0 Å². The summed E-state index contributed by atoms with van der Waals surface area (Å²) in [5.41, 5.74) is 4.29. The predicted octanol–water partition coefficient (Wildman–Crippen LogP) is 5.21. The Morgan fingerprint density at radius 2 is 1.89 bits per heavy atom. The van der Waals surface area contributed by atoms with Gasteiger partial charge in [-0.3, -0.25) is 4.79 Å². The zero-order valence-electron chi connectivity index (χ0n) is 15.2. The van der Waals surface area contributed by atoms with Crippen molar-refractivity contribution in [2.24, 2.45) is 0 Å². The molecule has 6 heteroatoms. The second kappa shape index (κ2) is 7.74. The van der Waals surface area contributed by atoms with Crippen LogP contribution in [0.4, 0.5) is 5.69 Å². The van der Waals surface area contributed by atoms with Crippen molar-refractivity contribution < 1.29 is 9.53 Å². The van der Waals surface area contributed by atoms with Gasteiger partial charge < -0.3 is 15.0 Å². The summed E-state index contributed by atoms with van der Waals surface area (Å²) in [6.45, 7) is 1.80. The molecule has 3 aromatic carbocycles. The minimum absolute atomic E-state index is 0.141. The van der Waals surface area contributed by atoms with Crippen LogP contribution in [0.2, 0.25) is 5.02 Å². The van der Waals surface area contributed by atoms with Crippen molar-refractivity contribution in [3.05, 3.63) is 77.3 Å². The number of para-hydroxylation sites is 3. The van der Waals surface area contributed by atoms with Gasteiger partial charge in [0.1, 0.15) is 11.6 Å². The van der Waals surface area contributed by atoms with Crippen molar-refractivity contribution in [2.75, 3.05) is 11.9 Å². The van der Waals surface area contributed by atoms with E-state index in [0.29, 0.717) is 22.3 Å². The normalized spacial score (nSPS) is 10.8. The number of hydrogen-bond acceptors (Lipinski definition) is 3. The number of aryl methyl sites for hydroxylation is 1. The molecule has 0 bridgehead atoms. The molecule has 1 amide bonds. The maximum atomic E-state index is 12.4. The van der Waals surface area contributed by atoms with E-state index in [1.807, 2.05) is 61.5 Å². The van der Waals surface area contributed by atoms with Crippen molar-refractivity contribution in [1.29, 1.82) is 0 Å². The minimum Gasteiger partial charge on any atom is -0.482 e. The number of aromatic nitrogens is 2. The molecule has 1 aromatic heterocycles. The topological polar surface area (TPSA) is 67.0 Å². The lowest BCUT2D eigenvalue weighted by atomic mass is 10.1. The lowest BCUT2D eigenvalue weighted by molar-refractivity contribution is -0.118. The Morgan fingerprint density at radius 3 is 2.75 bits per heavy atom. The van der Waals surface area contributed by atoms with Gasteiger partial charge in [0.05, 0.1) is 21.7 Å². The van der Waals surface area contributed by atoms with Gasteiger partial charge in [0.25, 0.3) is 5.91 Å². The maximum absolute atomic E-state index is 12.4. The molecule has 0 aliphatic carbocycles. The molecular formula is C22H18ClN3O2. The summed E-state index contributed by atoms with van der Waals surface area (Å²) in [5, 5.41) is 3.36. The van der Waals surface area contributed by atoms with Crippen LogP contribution in [-0.2, 0) is 4.79 Å². The van der Waals surface area contributed by atoms with E-state index in [9.17, 15) is 4.79 Å². The first-order valence-electron chi connectivity index (χ1n) is 8.83. The molecule has 0 unspecified atom stereocenters. The van der Waals surface area contributed by atoms with Gasteiger partial charge in [0.15, 0.2) is 6.61 Å². The van der Waals surface area contributed by atoms with Gasteiger partial charge in [-0.05, 0) is 48.9 Å². The van der Waals surface area contributed by atoms with Crippen LogP contribution in [0.5, 0.6) is 5.75 Å². The fourth-order valence-electron chi connectivity index (χ4n) is 2.93. The smallest absolute Gasteiger partial charge is 0.262 e. The highest BCUT2D eigenvalue weighted by molar-refractivity contribution is 6.32. The number of H-pyrrole nitrogens is 1. The Hall–Kier alpha value is -3.31. The molecule has 4 aromatic rings. The Balaban J connectivity index is 1.52. The van der Waals surface area contributed by atoms with Gasteiger partial charge in [0, 0.05) is 5.56 Å². The lowest BCUT2D eigenvalue weighted by Gasteiger charge is -2.11. The molecule has 5 nitrogen and oxygen atoms in total. The Labute approximate surface area is 167 Å². The number of amides is 1. The first kappa shape index (κ1) is 18.1. The molecule has 2 N–H and O–H groups in total. The van der Waals surface area contributed by atoms with Crippen molar-refractivity contribution in [3.8, 4) is 17.1 Å². The minimum atomic E-state index is -0.277. The number of hydrogen-bond donors (Lipinski definition) is 2. The van der Waals surface area contributed by atoms with E-state index in [1.54, 1.807) is 12.1 Å². The number of halogens is 1. The number of nitrogens with zero attached hydrogens (tertiary/aromatic N) is 1. The van der Waals surface area contributed by atoms with E-state index < -0.39 is 0 Å². The average Bonchev–Trinajstić information content (AvgIpc) is 3.13. The van der Waals surface area contributed by atoms with Crippen LogP contribution in [0, 0.1) is 6.92 Å². The number of fused-ring (bicyclic) bond motifs is 1. The Kier molecular flexibility index (Phi) is 5.00. The first-order valence-corrected chi connectivity index (χ1v) is 9.21. The molecule has 0 saturated carbocycles. The number of benzene rings is 3. The van der Waals surface area contributed by atoms with Crippen LogP contribution >= 0.6 is 11.6 Å². The zero-order chi connectivity index (χ0) is 19.5. The number of aromatic amines is 1. The van der Waals surface area contributed by atoms with Crippen molar-refractivity contribution in [2.45, 2.75) is 6.92 Å². The van der Waals surface area contributed by atoms with E-state index >= 15 is 0 Å². The second-order valence-corrected chi connectivity index (χ2v) is 6.83. The molecule has 0 spiro atoms. The number of nitrogens with one attached hydrogen (secondary N) is 2. The summed E-state index contributed by atoms with van der Waals surface area (Å²) < 4.78 is 5.58. The maximum Gasteiger partial charge on any atom is 0.262 e. The monoisotopic (exact) mass is 391 g/mol. The van der Waals surface area contributed by atoms with Gasteiger partial charge in [-0.2, -0.15) is 0 Å². The zero-order valence-corrected chi connectivity index (χ0v) is 16.0. The molecule has 140 valence electrons. The highest BCUT2D eigenvalue weighted by Crippen LogP contribution is 2.28. The van der Waals surface area contributed by atoms with E-state index in [2.05, 4.69) is 15.3 Å². The standard InChI is InChI=1S/C22H18ClN3O2/c1-14-10-11-16(23)20(12-14)28-13-21(27)24-17-7-3-2-6-15(17)22-25-18-8-4-5-9-19(18)26-22/h2-12H,13H2,1H3,(H,24,27)(H,25,26). The summed E-state index contributed by atoms with van der Waals surface area (Å²) in [7, 11) is 0. The molecular weight excluding hydrogens is 374 g/mol. The summed E-state index contributed by atoms with van der Waals surface area (Å²) in [5.74, 6) is 0.906. The third-order valence-electron chi connectivity index (χ3n) is 4.29. The molecule has 28 heavy (non-hydrogen) atoms. The number of carbonyl (C=O) groups excluding carboxylic acids is 1. The van der Waals surface area contributed by atoms with E-state index in [1.165, 1.54) is 0 Å². The average molecular weight is 392 g/mol. The van der Waals surface area contributed by atoms with Crippen molar-refractivity contribution >= 4 is 34.2 Å². The van der Waals surface area contributed by atoms with Crippen molar-refractivity contribution in [1.82, 2.24) is 9.97 Å². The highest BCUT2D eigenvalue weighted by atomic mass is 35.5. The number of imidazole rings is 1. The summed E-state index contributed by atoms with van der Waals surface area (Å²) in [4.78, 5) is 20.3. The SMILES string of the molecule is Cc1ccc(Cl)c(OCC(=O)Nc2ccccc2-c2nc3ccccc3[nH]2)c1. The number of anilines is 1. The molecule has 4 rings (SSSR count). The van der Waals surface area contributed by atoms with Gasteiger partial charge in [0.2, 0.25) is 0 Å². The quantitative estimate of drug-likeness (QED) is 0.490. The van der Waals surface area contributed by atoms with E-state index in [0.717, 1.165) is 22.2 Å². The fourth-order valence-corrected chi connectivity index (χ4v) is 3.10. The molecule has 0 aliphatic rings. The number of ether oxygens (including phenoxy) is 1. The molecule has 1 heterocycles. The molecule has 0 fully saturated rings. The largest absolute Gasteiger partial charge is 0.482 e. The molecule has 0 saturated heterocycles. The van der Waals surface area contributed by atoms with E-state index in [4.69, 9.17) is 16.3 Å². The summed E-state index contributed by atoms with van der Waals surface area (Å²) in [6, 6.07) is 20.7. The number of rotatable bonds is 5. The second-order valence-electron chi connectivity index (χ2n) is 6.42. The first-order chi connectivity index (χ1) is 13.6. The highest BCUT2D eigenvalue weighted by Gasteiger charge is 2.13. The van der Waals surface area contributed by atoms with Crippen LogP contribution in [0.15, 0.2) is 66.7 Å². The summed E-state index contributed by atoms with van der Waals surface area (Å²) >= 11 is 6.11. The van der Waals surface area contributed by atoms with Crippen molar-refractivity contribution in [3.63, 3.8) is 0 Å². The van der Waals surface area contributed by atoms with Gasteiger partial charge >= 0.3 is 0 Å². The van der Waals surface area contributed by atoms with Gasteiger partial charge in [-0.25, -0.2) is 4.98 Å². The van der Waals surface area contributed by atoms with E-state index in [-0.39, 0.29) is 12.5 Å². The summed E-state index contributed by atoms with van der Waals surface area (Å²) in [6.07, 6.45) is 0. The van der Waals surface area contributed by atoms with Gasteiger partial charge in [-0.1, -0.05) is 41.9 Å². The predicted molar refractivity (Wildman–Crippen MR) is 112 cm³/mol. The fraction of sp³-hybridized carbons (Fsp3) is 0.0909. The van der Waals surface area contributed by atoms with Crippen LogP contribution in [0.3, 0.4) is 0 Å².